The molecule has 0 unspecified atom stereocenters. The highest BCUT2D eigenvalue weighted by Gasteiger charge is 2.28. The SMILES string of the molecule is CCCCN(CC(=O)Nc1cc(-c2ccccc2)nn1-c1ccccc1Cl)C(=O)C(C)(C)C. The fraction of sp³-hybridized carbons (Fsp3) is 0.346. The summed E-state index contributed by atoms with van der Waals surface area (Å²) in [5, 5.41) is 8.17. The van der Waals surface area contributed by atoms with Crippen molar-refractivity contribution in [2.75, 3.05) is 18.4 Å². The summed E-state index contributed by atoms with van der Waals surface area (Å²) in [6.07, 6.45) is 1.78. The zero-order chi connectivity index (χ0) is 24.0. The number of carbonyl (C=O) groups excluding carboxylic acids is 2. The first-order valence-electron chi connectivity index (χ1n) is 11.2. The van der Waals surface area contributed by atoms with Crippen LogP contribution in [0.25, 0.3) is 16.9 Å². The van der Waals surface area contributed by atoms with Crippen LogP contribution in [0.3, 0.4) is 0 Å². The van der Waals surface area contributed by atoms with Gasteiger partial charge in [-0.2, -0.15) is 5.10 Å². The molecule has 0 radical (unpaired) electrons. The number of benzene rings is 2. The van der Waals surface area contributed by atoms with Crippen LogP contribution in [0.2, 0.25) is 5.02 Å². The first kappa shape index (κ1) is 24.5. The summed E-state index contributed by atoms with van der Waals surface area (Å²) < 4.78 is 1.63. The highest BCUT2D eigenvalue weighted by molar-refractivity contribution is 6.32. The van der Waals surface area contributed by atoms with E-state index >= 15 is 0 Å². The fourth-order valence-corrected chi connectivity index (χ4v) is 3.67. The van der Waals surface area contributed by atoms with Crippen LogP contribution in [0.15, 0.2) is 60.7 Å². The standard InChI is InChI=1S/C26H31ClN4O2/c1-5-6-16-30(25(33)26(2,3)4)18-24(32)28-23-17-21(19-12-8-7-9-13-19)29-31(23)22-15-11-10-14-20(22)27/h7-15,17H,5-6,16,18H2,1-4H3,(H,28,32). The van der Waals surface area contributed by atoms with Crippen LogP contribution in [0.1, 0.15) is 40.5 Å². The predicted octanol–water partition coefficient (Wildman–Crippen LogP) is 5.81. The highest BCUT2D eigenvalue weighted by Crippen LogP contribution is 2.28. The zero-order valence-corrected chi connectivity index (χ0v) is 20.4. The lowest BCUT2D eigenvalue weighted by Gasteiger charge is -2.29. The number of hydrogen-bond donors (Lipinski definition) is 1. The lowest BCUT2D eigenvalue weighted by Crippen LogP contribution is -2.44. The number of aromatic nitrogens is 2. The number of nitrogens with one attached hydrogen (secondary N) is 1. The van der Waals surface area contributed by atoms with Crippen molar-refractivity contribution in [3.8, 4) is 16.9 Å². The second kappa shape index (κ2) is 10.7. The van der Waals surface area contributed by atoms with E-state index in [2.05, 4.69) is 12.2 Å². The van der Waals surface area contributed by atoms with E-state index in [-0.39, 0.29) is 18.4 Å². The Morgan fingerprint density at radius 3 is 2.36 bits per heavy atom. The maximum absolute atomic E-state index is 13.1. The maximum Gasteiger partial charge on any atom is 0.245 e. The van der Waals surface area contributed by atoms with Gasteiger partial charge in [0.1, 0.15) is 5.82 Å². The summed E-state index contributed by atoms with van der Waals surface area (Å²) in [6.45, 7) is 8.18. The lowest BCUT2D eigenvalue weighted by molar-refractivity contribution is -0.141. The number of para-hydroxylation sites is 1. The molecule has 0 saturated heterocycles. The maximum atomic E-state index is 13.1. The number of amides is 2. The third-order valence-corrected chi connectivity index (χ3v) is 5.49. The Morgan fingerprint density at radius 2 is 1.73 bits per heavy atom. The molecule has 3 aromatic rings. The summed E-state index contributed by atoms with van der Waals surface area (Å²) in [5.41, 5.74) is 1.73. The van der Waals surface area contributed by atoms with Crippen LogP contribution in [-0.4, -0.2) is 39.6 Å². The largest absolute Gasteiger partial charge is 0.333 e. The molecular weight excluding hydrogens is 436 g/mol. The van der Waals surface area contributed by atoms with E-state index < -0.39 is 5.41 Å². The minimum Gasteiger partial charge on any atom is -0.333 e. The van der Waals surface area contributed by atoms with E-state index in [1.807, 2.05) is 75.4 Å². The highest BCUT2D eigenvalue weighted by atomic mass is 35.5. The number of hydrogen-bond acceptors (Lipinski definition) is 3. The van der Waals surface area contributed by atoms with E-state index in [9.17, 15) is 9.59 Å². The molecule has 33 heavy (non-hydrogen) atoms. The molecule has 0 bridgehead atoms. The van der Waals surface area contributed by atoms with Crippen molar-refractivity contribution in [3.05, 3.63) is 65.7 Å². The summed E-state index contributed by atoms with van der Waals surface area (Å²) in [5.74, 6) is 0.165. The second-order valence-electron chi connectivity index (χ2n) is 9.02. The molecule has 2 aromatic carbocycles. The van der Waals surface area contributed by atoms with Crippen LogP contribution < -0.4 is 5.32 Å². The average molecular weight is 467 g/mol. The van der Waals surface area contributed by atoms with Gasteiger partial charge < -0.3 is 10.2 Å². The van der Waals surface area contributed by atoms with E-state index in [1.54, 1.807) is 15.6 Å². The third kappa shape index (κ3) is 6.23. The molecule has 1 N–H and O–H groups in total. The van der Waals surface area contributed by atoms with Crippen LogP contribution in [0.5, 0.6) is 0 Å². The summed E-state index contributed by atoms with van der Waals surface area (Å²) in [4.78, 5) is 27.6. The van der Waals surface area contributed by atoms with Crippen molar-refractivity contribution in [3.63, 3.8) is 0 Å². The number of anilines is 1. The summed E-state index contributed by atoms with van der Waals surface area (Å²) in [7, 11) is 0. The Morgan fingerprint density at radius 1 is 1.06 bits per heavy atom. The molecule has 0 aliphatic heterocycles. The van der Waals surface area contributed by atoms with Crippen LogP contribution in [0.4, 0.5) is 5.82 Å². The Kier molecular flexibility index (Phi) is 7.92. The van der Waals surface area contributed by atoms with Gasteiger partial charge in [0.2, 0.25) is 11.8 Å². The van der Waals surface area contributed by atoms with Crippen molar-refractivity contribution in [2.24, 2.45) is 5.41 Å². The normalized spacial score (nSPS) is 11.3. The fourth-order valence-electron chi connectivity index (χ4n) is 3.46. The van der Waals surface area contributed by atoms with Gasteiger partial charge in [-0.05, 0) is 18.6 Å². The quantitative estimate of drug-likeness (QED) is 0.455. The summed E-state index contributed by atoms with van der Waals surface area (Å²) in [6, 6.07) is 18.9. The molecule has 0 atom stereocenters. The Bertz CT molecular complexity index is 1100. The van der Waals surface area contributed by atoms with E-state index in [1.165, 1.54) is 0 Å². The van der Waals surface area contributed by atoms with Gasteiger partial charge in [0.15, 0.2) is 0 Å². The Labute approximate surface area is 200 Å². The predicted molar refractivity (Wildman–Crippen MR) is 134 cm³/mol. The van der Waals surface area contributed by atoms with Crippen molar-refractivity contribution in [1.82, 2.24) is 14.7 Å². The minimum atomic E-state index is -0.562. The first-order valence-corrected chi connectivity index (χ1v) is 11.6. The minimum absolute atomic E-state index is 0.0233. The number of carbonyl (C=O) groups is 2. The second-order valence-corrected chi connectivity index (χ2v) is 9.43. The van der Waals surface area contributed by atoms with Crippen molar-refractivity contribution in [2.45, 2.75) is 40.5 Å². The molecule has 3 rings (SSSR count). The molecule has 0 aliphatic carbocycles. The van der Waals surface area contributed by atoms with Gasteiger partial charge in [-0.25, -0.2) is 4.68 Å². The van der Waals surface area contributed by atoms with Gasteiger partial charge in [0.05, 0.1) is 22.9 Å². The van der Waals surface area contributed by atoms with Gasteiger partial charge in [0.25, 0.3) is 0 Å². The van der Waals surface area contributed by atoms with Gasteiger partial charge in [-0.3, -0.25) is 9.59 Å². The molecule has 0 fully saturated rings. The van der Waals surface area contributed by atoms with Gasteiger partial charge in [-0.15, -0.1) is 0 Å². The van der Waals surface area contributed by atoms with E-state index in [0.717, 1.165) is 18.4 Å². The van der Waals surface area contributed by atoms with Crippen LogP contribution >= 0.6 is 11.6 Å². The molecule has 1 heterocycles. The van der Waals surface area contributed by atoms with Gasteiger partial charge in [0, 0.05) is 23.6 Å². The van der Waals surface area contributed by atoms with E-state index in [0.29, 0.717) is 28.8 Å². The van der Waals surface area contributed by atoms with Gasteiger partial charge >= 0.3 is 0 Å². The molecule has 2 amide bonds. The first-order chi connectivity index (χ1) is 15.7. The molecule has 174 valence electrons. The molecule has 1 aromatic heterocycles. The van der Waals surface area contributed by atoms with Crippen LogP contribution in [0, 0.1) is 5.41 Å². The molecule has 6 nitrogen and oxygen atoms in total. The average Bonchev–Trinajstić information content (AvgIpc) is 3.19. The Balaban J connectivity index is 1.91. The zero-order valence-electron chi connectivity index (χ0n) is 19.6. The monoisotopic (exact) mass is 466 g/mol. The molecule has 0 aliphatic rings. The van der Waals surface area contributed by atoms with Gasteiger partial charge in [-0.1, -0.05) is 88.2 Å². The number of halogens is 1. The van der Waals surface area contributed by atoms with Crippen molar-refractivity contribution in [1.29, 1.82) is 0 Å². The van der Waals surface area contributed by atoms with Crippen LogP contribution in [-0.2, 0) is 9.59 Å². The molecule has 0 spiro atoms. The van der Waals surface area contributed by atoms with E-state index in [4.69, 9.17) is 16.7 Å². The number of nitrogens with zero attached hydrogens (tertiary/aromatic N) is 3. The third-order valence-electron chi connectivity index (χ3n) is 5.17. The number of rotatable bonds is 8. The topological polar surface area (TPSA) is 67.2 Å². The lowest BCUT2D eigenvalue weighted by atomic mass is 9.94. The number of unbranched alkanes of at least 4 members (excludes halogenated alkanes) is 1. The van der Waals surface area contributed by atoms with Crippen molar-refractivity contribution < 1.29 is 9.59 Å². The summed E-state index contributed by atoms with van der Waals surface area (Å²) >= 11 is 6.43. The molecule has 0 saturated carbocycles. The van der Waals surface area contributed by atoms with Crippen molar-refractivity contribution >= 4 is 29.2 Å². The molecule has 7 heteroatoms. The Hall–Kier alpha value is -3.12. The smallest absolute Gasteiger partial charge is 0.245 e. The molecular formula is C26H31ClN4O2.